The van der Waals surface area contributed by atoms with Crippen LogP contribution in [0.2, 0.25) is 0 Å². The van der Waals surface area contributed by atoms with Crippen molar-refractivity contribution in [1.82, 2.24) is 0 Å². The first-order chi connectivity index (χ1) is 11.2. The van der Waals surface area contributed by atoms with Gasteiger partial charge in [0.1, 0.15) is 5.75 Å². The van der Waals surface area contributed by atoms with Crippen molar-refractivity contribution in [2.45, 2.75) is 65.2 Å². The predicted molar refractivity (Wildman–Crippen MR) is 95.4 cm³/mol. The molecule has 1 aromatic carbocycles. The highest BCUT2D eigenvalue weighted by Gasteiger charge is 2.20. The third-order valence-corrected chi connectivity index (χ3v) is 4.94. The molecule has 1 aromatic rings. The number of esters is 1. The molecule has 0 bridgehead atoms. The van der Waals surface area contributed by atoms with Crippen molar-refractivity contribution in [3.8, 4) is 5.75 Å². The first kappa shape index (κ1) is 17.8. The number of hydrogen-bond acceptors (Lipinski definition) is 2. The van der Waals surface area contributed by atoms with Gasteiger partial charge in [0.15, 0.2) is 0 Å². The topological polar surface area (TPSA) is 26.3 Å². The van der Waals surface area contributed by atoms with Crippen LogP contribution in [0.15, 0.2) is 42.0 Å². The average molecular weight is 314 g/mol. The van der Waals surface area contributed by atoms with E-state index in [4.69, 9.17) is 4.74 Å². The molecule has 0 fully saturated rings. The zero-order chi connectivity index (χ0) is 16.5. The lowest BCUT2D eigenvalue weighted by Crippen LogP contribution is -2.14. The second-order valence-corrected chi connectivity index (χ2v) is 6.64. The SMILES string of the molecule is CCCC1CC=C(C(CC)CCC(=O)Oc2ccccc2)CC1. The van der Waals surface area contributed by atoms with E-state index in [1.165, 1.54) is 32.1 Å². The molecule has 1 aliphatic rings. The van der Waals surface area contributed by atoms with Crippen molar-refractivity contribution in [2.24, 2.45) is 11.8 Å². The van der Waals surface area contributed by atoms with E-state index in [0.29, 0.717) is 18.1 Å². The monoisotopic (exact) mass is 314 g/mol. The molecule has 2 heteroatoms. The van der Waals surface area contributed by atoms with Crippen LogP contribution in [0.1, 0.15) is 65.2 Å². The highest BCUT2D eigenvalue weighted by molar-refractivity contribution is 5.72. The molecule has 2 atom stereocenters. The van der Waals surface area contributed by atoms with Gasteiger partial charge in [0.05, 0.1) is 0 Å². The Morgan fingerprint density at radius 3 is 2.65 bits per heavy atom. The van der Waals surface area contributed by atoms with E-state index >= 15 is 0 Å². The minimum Gasteiger partial charge on any atom is -0.427 e. The first-order valence-electron chi connectivity index (χ1n) is 9.17. The molecular formula is C21H30O2. The Morgan fingerprint density at radius 2 is 2.04 bits per heavy atom. The van der Waals surface area contributed by atoms with E-state index < -0.39 is 0 Å². The molecule has 2 rings (SSSR count). The zero-order valence-electron chi connectivity index (χ0n) is 14.6. The van der Waals surface area contributed by atoms with Gasteiger partial charge in [-0.15, -0.1) is 0 Å². The summed E-state index contributed by atoms with van der Waals surface area (Å²) in [5, 5.41) is 0. The highest BCUT2D eigenvalue weighted by atomic mass is 16.5. The second-order valence-electron chi connectivity index (χ2n) is 6.64. The van der Waals surface area contributed by atoms with Gasteiger partial charge in [-0.05, 0) is 56.1 Å². The van der Waals surface area contributed by atoms with Crippen LogP contribution in [-0.2, 0) is 4.79 Å². The molecule has 126 valence electrons. The maximum absolute atomic E-state index is 12.0. The molecule has 0 N–H and O–H groups in total. The van der Waals surface area contributed by atoms with Crippen LogP contribution in [0.4, 0.5) is 0 Å². The van der Waals surface area contributed by atoms with Gasteiger partial charge in [0.2, 0.25) is 0 Å². The second kappa shape index (κ2) is 9.54. The van der Waals surface area contributed by atoms with E-state index in [2.05, 4.69) is 19.9 Å². The molecule has 0 aliphatic heterocycles. The summed E-state index contributed by atoms with van der Waals surface area (Å²) in [4.78, 5) is 12.0. The van der Waals surface area contributed by atoms with Crippen molar-refractivity contribution >= 4 is 5.97 Å². The molecular weight excluding hydrogens is 284 g/mol. The van der Waals surface area contributed by atoms with Crippen molar-refractivity contribution in [3.05, 3.63) is 42.0 Å². The van der Waals surface area contributed by atoms with Crippen LogP contribution in [0, 0.1) is 11.8 Å². The summed E-state index contributed by atoms with van der Waals surface area (Å²) in [7, 11) is 0. The maximum atomic E-state index is 12.0. The van der Waals surface area contributed by atoms with Crippen LogP contribution in [0.3, 0.4) is 0 Å². The molecule has 1 aliphatic carbocycles. The summed E-state index contributed by atoms with van der Waals surface area (Å²) in [5.41, 5.74) is 1.58. The van der Waals surface area contributed by atoms with Crippen LogP contribution in [0.5, 0.6) is 5.75 Å². The van der Waals surface area contributed by atoms with Crippen molar-refractivity contribution in [1.29, 1.82) is 0 Å². The van der Waals surface area contributed by atoms with Gasteiger partial charge in [0.25, 0.3) is 0 Å². The van der Waals surface area contributed by atoms with Crippen molar-refractivity contribution in [3.63, 3.8) is 0 Å². The summed E-state index contributed by atoms with van der Waals surface area (Å²) in [5.74, 6) is 1.95. The van der Waals surface area contributed by atoms with Gasteiger partial charge in [0, 0.05) is 6.42 Å². The lowest BCUT2D eigenvalue weighted by atomic mass is 9.80. The minimum atomic E-state index is -0.116. The number of benzene rings is 1. The Hall–Kier alpha value is -1.57. The number of para-hydroxylation sites is 1. The molecule has 0 spiro atoms. The standard InChI is InChI=1S/C21H30O2/c1-3-8-17-11-13-19(14-12-17)18(4-2)15-16-21(22)23-20-9-6-5-7-10-20/h5-7,9-10,13,17-18H,3-4,8,11-12,14-16H2,1-2H3. The molecule has 0 heterocycles. The fourth-order valence-corrected chi connectivity index (χ4v) is 3.56. The minimum absolute atomic E-state index is 0.116. The van der Waals surface area contributed by atoms with Gasteiger partial charge >= 0.3 is 5.97 Å². The highest BCUT2D eigenvalue weighted by Crippen LogP contribution is 2.33. The predicted octanol–water partition coefficient (Wildman–Crippen LogP) is 5.93. The summed E-state index contributed by atoms with van der Waals surface area (Å²) in [6.07, 6.45) is 11.4. The van der Waals surface area contributed by atoms with E-state index in [-0.39, 0.29) is 5.97 Å². The molecule has 2 nitrogen and oxygen atoms in total. The Morgan fingerprint density at radius 1 is 1.26 bits per heavy atom. The quantitative estimate of drug-likeness (QED) is 0.338. The van der Waals surface area contributed by atoms with Gasteiger partial charge in [-0.2, -0.15) is 0 Å². The smallest absolute Gasteiger partial charge is 0.311 e. The molecule has 0 radical (unpaired) electrons. The number of hydrogen-bond donors (Lipinski definition) is 0. The number of carbonyl (C=O) groups excluding carboxylic acids is 1. The maximum Gasteiger partial charge on any atom is 0.311 e. The number of ether oxygens (including phenoxy) is 1. The van der Waals surface area contributed by atoms with Crippen molar-refractivity contribution in [2.75, 3.05) is 0 Å². The third kappa shape index (κ3) is 5.85. The van der Waals surface area contributed by atoms with Crippen LogP contribution >= 0.6 is 0 Å². The number of rotatable bonds is 8. The fraction of sp³-hybridized carbons (Fsp3) is 0.571. The van der Waals surface area contributed by atoms with E-state index in [9.17, 15) is 4.79 Å². The van der Waals surface area contributed by atoms with Crippen molar-refractivity contribution < 1.29 is 9.53 Å². The Kier molecular flexibility index (Phi) is 7.38. The number of allylic oxidation sites excluding steroid dienone is 2. The molecule has 0 aromatic heterocycles. The van der Waals surface area contributed by atoms with Gasteiger partial charge in [-0.1, -0.05) is 56.5 Å². The largest absolute Gasteiger partial charge is 0.427 e. The molecule has 0 saturated carbocycles. The van der Waals surface area contributed by atoms with E-state index in [0.717, 1.165) is 18.8 Å². The lowest BCUT2D eigenvalue weighted by molar-refractivity contribution is -0.134. The Bertz CT molecular complexity index is 504. The summed E-state index contributed by atoms with van der Waals surface area (Å²) in [6.45, 7) is 4.50. The summed E-state index contributed by atoms with van der Waals surface area (Å²) < 4.78 is 5.39. The van der Waals surface area contributed by atoms with Crippen LogP contribution in [-0.4, -0.2) is 5.97 Å². The molecule has 2 unspecified atom stereocenters. The van der Waals surface area contributed by atoms with Crippen LogP contribution < -0.4 is 4.74 Å². The molecule has 0 saturated heterocycles. The van der Waals surface area contributed by atoms with Gasteiger partial charge in [-0.3, -0.25) is 4.79 Å². The summed E-state index contributed by atoms with van der Waals surface area (Å²) >= 11 is 0. The lowest BCUT2D eigenvalue weighted by Gasteiger charge is -2.26. The zero-order valence-corrected chi connectivity index (χ0v) is 14.6. The van der Waals surface area contributed by atoms with Gasteiger partial charge < -0.3 is 4.74 Å². The Labute approximate surface area is 140 Å². The van der Waals surface area contributed by atoms with E-state index in [1.54, 1.807) is 5.57 Å². The van der Waals surface area contributed by atoms with E-state index in [1.807, 2.05) is 30.3 Å². The molecule has 0 amide bonds. The normalized spacial score (nSPS) is 19.0. The molecule has 23 heavy (non-hydrogen) atoms. The number of carbonyl (C=O) groups is 1. The first-order valence-corrected chi connectivity index (χ1v) is 9.17. The fourth-order valence-electron chi connectivity index (χ4n) is 3.56. The summed E-state index contributed by atoms with van der Waals surface area (Å²) in [6, 6.07) is 9.35. The van der Waals surface area contributed by atoms with Crippen LogP contribution in [0.25, 0.3) is 0 Å². The third-order valence-electron chi connectivity index (χ3n) is 4.94. The Balaban J connectivity index is 1.79. The average Bonchev–Trinajstić information content (AvgIpc) is 2.58. The van der Waals surface area contributed by atoms with Gasteiger partial charge in [-0.25, -0.2) is 0 Å².